The number of rotatable bonds is 9. The van der Waals surface area contributed by atoms with E-state index in [0.717, 1.165) is 12.0 Å². The van der Waals surface area contributed by atoms with E-state index in [1.165, 1.54) is 39.5 Å². The number of hydrogen-bond acceptors (Lipinski definition) is 10. The summed E-state index contributed by atoms with van der Waals surface area (Å²) < 4.78 is 27.3. The molecule has 1 aromatic carbocycles. The number of aryl methyl sites for hydroxylation is 1. The van der Waals surface area contributed by atoms with Crippen molar-refractivity contribution in [1.82, 2.24) is 0 Å². The molecule has 1 heterocycles. The van der Waals surface area contributed by atoms with Crippen LogP contribution in [0.3, 0.4) is 0 Å². The van der Waals surface area contributed by atoms with Gasteiger partial charge in [-0.3, -0.25) is 19.2 Å². The first-order valence-corrected chi connectivity index (χ1v) is 11.2. The summed E-state index contributed by atoms with van der Waals surface area (Å²) in [5.74, 6) is -1.84. The SMILES string of the molecule is CC(=O)OC[C@H]1O[C@H](SCCc2ccccc2)[C@@H](OC(C)=O)[C@@H](OC(C)=O)[C@@H]1OC(C)=O. The van der Waals surface area contributed by atoms with Crippen LogP contribution in [0.25, 0.3) is 0 Å². The molecule has 5 atom stereocenters. The van der Waals surface area contributed by atoms with E-state index in [1.807, 2.05) is 30.3 Å². The first-order chi connectivity index (χ1) is 15.2. The van der Waals surface area contributed by atoms with Crippen LogP contribution >= 0.6 is 11.8 Å². The van der Waals surface area contributed by atoms with Gasteiger partial charge in [0.05, 0.1) is 0 Å². The molecule has 176 valence electrons. The third kappa shape index (κ3) is 8.16. The van der Waals surface area contributed by atoms with Crippen LogP contribution in [0.1, 0.15) is 33.3 Å². The summed E-state index contributed by atoms with van der Waals surface area (Å²) in [6, 6.07) is 9.79. The molecule has 0 amide bonds. The zero-order valence-electron chi connectivity index (χ0n) is 18.5. The van der Waals surface area contributed by atoms with Gasteiger partial charge in [0.25, 0.3) is 0 Å². The molecule has 1 aliphatic rings. The van der Waals surface area contributed by atoms with Crippen LogP contribution in [0.5, 0.6) is 0 Å². The maximum absolute atomic E-state index is 11.8. The summed E-state index contributed by atoms with van der Waals surface area (Å²) in [6.45, 7) is 4.62. The second-order valence-corrected chi connectivity index (χ2v) is 8.38. The molecule has 32 heavy (non-hydrogen) atoms. The average Bonchev–Trinajstić information content (AvgIpc) is 2.70. The Morgan fingerprint density at radius 3 is 1.94 bits per heavy atom. The Labute approximate surface area is 191 Å². The van der Waals surface area contributed by atoms with Crippen LogP contribution in [0, 0.1) is 0 Å². The number of carbonyl (C=O) groups excluding carboxylic acids is 4. The van der Waals surface area contributed by atoms with Gasteiger partial charge in [-0.2, -0.15) is 0 Å². The number of benzene rings is 1. The van der Waals surface area contributed by atoms with Gasteiger partial charge in [0.2, 0.25) is 0 Å². The molecule has 0 bridgehead atoms. The van der Waals surface area contributed by atoms with Crippen molar-refractivity contribution in [2.24, 2.45) is 0 Å². The summed E-state index contributed by atoms with van der Waals surface area (Å²) >= 11 is 1.36. The number of esters is 4. The quantitative estimate of drug-likeness (QED) is 0.394. The minimum absolute atomic E-state index is 0.229. The lowest BCUT2D eigenvalue weighted by Crippen LogP contribution is -2.61. The normalized spacial score (nSPS) is 24.8. The zero-order valence-corrected chi connectivity index (χ0v) is 19.3. The van der Waals surface area contributed by atoms with E-state index in [1.54, 1.807) is 0 Å². The lowest BCUT2D eigenvalue weighted by atomic mass is 9.99. The molecule has 2 rings (SSSR count). The molecule has 1 saturated heterocycles. The Morgan fingerprint density at radius 1 is 0.812 bits per heavy atom. The lowest BCUT2D eigenvalue weighted by molar-refractivity contribution is -0.237. The molecule has 0 aromatic heterocycles. The van der Waals surface area contributed by atoms with Crippen molar-refractivity contribution >= 4 is 35.6 Å². The Bertz CT molecular complexity index is 798. The second-order valence-electron chi connectivity index (χ2n) is 7.17. The van der Waals surface area contributed by atoms with E-state index < -0.39 is 53.7 Å². The van der Waals surface area contributed by atoms with Gasteiger partial charge in [0.1, 0.15) is 18.1 Å². The summed E-state index contributed by atoms with van der Waals surface area (Å²) in [7, 11) is 0. The second kappa shape index (κ2) is 12.4. The smallest absolute Gasteiger partial charge is 0.303 e. The van der Waals surface area contributed by atoms with Crippen molar-refractivity contribution in [2.75, 3.05) is 12.4 Å². The molecule has 1 fully saturated rings. The van der Waals surface area contributed by atoms with Crippen LogP contribution in [-0.2, 0) is 49.3 Å². The first-order valence-electron chi connectivity index (χ1n) is 10.1. The van der Waals surface area contributed by atoms with E-state index in [-0.39, 0.29) is 6.61 Å². The summed E-state index contributed by atoms with van der Waals surface area (Å²) in [5.41, 5.74) is 0.366. The summed E-state index contributed by atoms with van der Waals surface area (Å²) in [5, 5.41) is 0. The Kier molecular flexibility index (Phi) is 9.98. The van der Waals surface area contributed by atoms with E-state index in [0.29, 0.717) is 5.75 Å². The largest absolute Gasteiger partial charge is 0.463 e. The topological polar surface area (TPSA) is 114 Å². The summed E-state index contributed by atoms with van der Waals surface area (Å²) in [6.07, 6.45) is -3.50. The van der Waals surface area contributed by atoms with E-state index in [9.17, 15) is 19.2 Å². The Balaban J connectivity index is 2.28. The molecule has 0 aliphatic carbocycles. The maximum atomic E-state index is 11.8. The van der Waals surface area contributed by atoms with Gasteiger partial charge in [0, 0.05) is 27.7 Å². The maximum Gasteiger partial charge on any atom is 0.303 e. The van der Waals surface area contributed by atoms with E-state index in [4.69, 9.17) is 23.7 Å². The Morgan fingerprint density at radius 2 is 1.38 bits per heavy atom. The lowest BCUT2D eigenvalue weighted by Gasteiger charge is -2.44. The van der Waals surface area contributed by atoms with Crippen LogP contribution in [-0.4, -0.2) is 66.1 Å². The van der Waals surface area contributed by atoms with Crippen molar-refractivity contribution < 1.29 is 42.9 Å². The number of hydrogen-bond donors (Lipinski definition) is 0. The minimum Gasteiger partial charge on any atom is -0.463 e. The van der Waals surface area contributed by atoms with Gasteiger partial charge < -0.3 is 23.7 Å². The fraction of sp³-hybridized carbons (Fsp3) is 0.545. The van der Waals surface area contributed by atoms with Gasteiger partial charge in [-0.15, -0.1) is 11.8 Å². The van der Waals surface area contributed by atoms with Crippen molar-refractivity contribution in [3.63, 3.8) is 0 Å². The van der Waals surface area contributed by atoms with Crippen molar-refractivity contribution in [3.05, 3.63) is 35.9 Å². The van der Waals surface area contributed by atoms with Crippen molar-refractivity contribution in [2.45, 2.75) is 64.0 Å². The highest BCUT2D eigenvalue weighted by Crippen LogP contribution is 2.34. The molecular weight excluding hydrogens is 440 g/mol. The molecule has 1 aromatic rings. The monoisotopic (exact) mass is 468 g/mol. The molecule has 0 radical (unpaired) electrons. The fourth-order valence-electron chi connectivity index (χ4n) is 3.26. The molecule has 0 N–H and O–H groups in total. The number of ether oxygens (including phenoxy) is 5. The van der Waals surface area contributed by atoms with Gasteiger partial charge >= 0.3 is 23.9 Å². The molecule has 10 heteroatoms. The highest BCUT2D eigenvalue weighted by molar-refractivity contribution is 7.99. The molecule has 0 unspecified atom stereocenters. The minimum atomic E-state index is -1.14. The predicted molar refractivity (Wildman–Crippen MR) is 115 cm³/mol. The van der Waals surface area contributed by atoms with Gasteiger partial charge in [-0.25, -0.2) is 0 Å². The summed E-state index contributed by atoms with van der Waals surface area (Å²) in [4.78, 5) is 46.7. The molecule has 1 aliphatic heterocycles. The van der Waals surface area contributed by atoms with Crippen LogP contribution in [0.15, 0.2) is 30.3 Å². The number of carbonyl (C=O) groups is 4. The van der Waals surface area contributed by atoms with Crippen LogP contribution < -0.4 is 0 Å². The van der Waals surface area contributed by atoms with E-state index >= 15 is 0 Å². The van der Waals surface area contributed by atoms with Crippen molar-refractivity contribution in [1.29, 1.82) is 0 Å². The third-order valence-electron chi connectivity index (χ3n) is 4.46. The van der Waals surface area contributed by atoms with Gasteiger partial charge in [0.15, 0.2) is 18.3 Å². The fourth-order valence-corrected chi connectivity index (χ4v) is 4.47. The van der Waals surface area contributed by atoms with Crippen molar-refractivity contribution in [3.8, 4) is 0 Å². The highest BCUT2D eigenvalue weighted by atomic mass is 32.2. The molecule has 9 nitrogen and oxygen atoms in total. The standard InChI is InChI=1S/C22H28O9S/c1-13(23)27-12-18-19(28-14(2)24)20(29-15(3)25)21(30-16(4)26)22(31-18)32-11-10-17-8-6-5-7-9-17/h5-9,18-22H,10-12H2,1-4H3/t18-,19-,20+,21+,22-/m1/s1. The van der Waals surface area contributed by atoms with Crippen LogP contribution in [0.2, 0.25) is 0 Å². The van der Waals surface area contributed by atoms with E-state index in [2.05, 4.69) is 0 Å². The predicted octanol–water partition coefficient (Wildman–Crippen LogP) is 2.05. The molecule has 0 saturated carbocycles. The Hall–Kier alpha value is -2.59. The molecular formula is C22H28O9S. The third-order valence-corrected chi connectivity index (χ3v) is 5.61. The molecule has 0 spiro atoms. The average molecular weight is 469 g/mol. The number of thioether (sulfide) groups is 1. The van der Waals surface area contributed by atoms with Crippen LogP contribution in [0.4, 0.5) is 0 Å². The highest BCUT2D eigenvalue weighted by Gasteiger charge is 2.52. The zero-order chi connectivity index (χ0) is 23.7. The van der Waals surface area contributed by atoms with Gasteiger partial charge in [-0.05, 0) is 17.7 Å². The first kappa shape index (κ1) is 25.7. The van der Waals surface area contributed by atoms with Gasteiger partial charge in [-0.1, -0.05) is 30.3 Å².